The van der Waals surface area contributed by atoms with E-state index in [0.29, 0.717) is 10.7 Å². The van der Waals surface area contributed by atoms with Gasteiger partial charge in [-0.15, -0.1) is 0 Å². The highest BCUT2D eigenvalue weighted by atomic mass is 79.9. The van der Waals surface area contributed by atoms with Gasteiger partial charge in [-0.3, -0.25) is 4.79 Å². The molecule has 1 aromatic carbocycles. The van der Waals surface area contributed by atoms with Gasteiger partial charge in [0.25, 0.3) is 0 Å². The van der Waals surface area contributed by atoms with Crippen molar-refractivity contribution < 1.29 is 4.79 Å². The van der Waals surface area contributed by atoms with Gasteiger partial charge in [-0.2, -0.15) is 0 Å². The van der Waals surface area contributed by atoms with Crippen LogP contribution in [0.15, 0.2) is 16.6 Å². The number of anilines is 1. The highest BCUT2D eigenvalue weighted by Crippen LogP contribution is 2.29. The van der Waals surface area contributed by atoms with Crippen molar-refractivity contribution in [1.29, 1.82) is 0 Å². The van der Waals surface area contributed by atoms with Crippen LogP contribution in [-0.4, -0.2) is 18.0 Å². The smallest absolute Gasteiger partial charge is 0.244 e. The maximum atomic E-state index is 12.1. The predicted molar refractivity (Wildman–Crippen MR) is 80.3 cm³/mol. The van der Waals surface area contributed by atoms with Crippen LogP contribution in [0.2, 0.25) is 5.02 Å². The summed E-state index contributed by atoms with van der Waals surface area (Å²) in [6, 6.07) is 3.64. The first-order valence-electron chi connectivity index (χ1n) is 5.80. The van der Waals surface area contributed by atoms with E-state index in [4.69, 9.17) is 11.6 Å². The van der Waals surface area contributed by atoms with Gasteiger partial charge in [0.1, 0.15) is 0 Å². The SMILES string of the molecule is CCNC(C)(C)C(=O)Nc1cc(Cl)c(C)cc1Br. The molecule has 3 nitrogen and oxygen atoms in total. The van der Waals surface area contributed by atoms with Gasteiger partial charge in [-0.05, 0) is 60.9 Å². The molecule has 0 aliphatic carbocycles. The highest BCUT2D eigenvalue weighted by Gasteiger charge is 2.26. The summed E-state index contributed by atoms with van der Waals surface area (Å²) < 4.78 is 0.824. The molecule has 0 fully saturated rings. The molecule has 18 heavy (non-hydrogen) atoms. The van der Waals surface area contributed by atoms with E-state index in [0.717, 1.165) is 16.6 Å². The quantitative estimate of drug-likeness (QED) is 0.881. The van der Waals surface area contributed by atoms with Crippen molar-refractivity contribution >= 4 is 39.1 Å². The van der Waals surface area contributed by atoms with Crippen molar-refractivity contribution in [2.45, 2.75) is 33.2 Å². The minimum atomic E-state index is -0.619. The molecule has 0 saturated heterocycles. The van der Waals surface area contributed by atoms with Crippen LogP contribution in [-0.2, 0) is 4.79 Å². The number of carbonyl (C=O) groups is 1. The van der Waals surface area contributed by atoms with Crippen molar-refractivity contribution in [3.8, 4) is 0 Å². The molecule has 0 unspecified atom stereocenters. The van der Waals surface area contributed by atoms with E-state index in [1.807, 2.05) is 33.8 Å². The Bertz CT molecular complexity index is 461. The lowest BCUT2D eigenvalue weighted by molar-refractivity contribution is -0.121. The lowest BCUT2D eigenvalue weighted by atomic mass is 10.0. The molecule has 0 aliphatic rings. The summed E-state index contributed by atoms with van der Waals surface area (Å²) in [5, 5.41) is 6.63. The minimum absolute atomic E-state index is 0.0926. The predicted octanol–water partition coefficient (Wildman–Crippen LogP) is 3.74. The van der Waals surface area contributed by atoms with Crippen molar-refractivity contribution in [1.82, 2.24) is 5.32 Å². The fourth-order valence-corrected chi connectivity index (χ4v) is 2.26. The molecule has 0 bridgehead atoms. The molecule has 0 aromatic heterocycles. The molecule has 5 heteroatoms. The number of carbonyl (C=O) groups excluding carboxylic acids is 1. The number of aryl methyl sites for hydroxylation is 1. The zero-order valence-electron chi connectivity index (χ0n) is 11.0. The molecule has 1 rings (SSSR count). The van der Waals surface area contributed by atoms with Crippen LogP contribution in [0.3, 0.4) is 0 Å². The van der Waals surface area contributed by atoms with Crippen molar-refractivity contribution in [2.75, 3.05) is 11.9 Å². The molecule has 1 aromatic rings. The van der Waals surface area contributed by atoms with Crippen LogP contribution in [0.5, 0.6) is 0 Å². The van der Waals surface area contributed by atoms with Crippen LogP contribution >= 0.6 is 27.5 Å². The first kappa shape index (κ1) is 15.5. The number of likely N-dealkylation sites (N-methyl/N-ethyl adjacent to an activating group) is 1. The Morgan fingerprint density at radius 1 is 1.44 bits per heavy atom. The number of nitrogens with one attached hydrogen (secondary N) is 2. The third-order valence-corrected chi connectivity index (χ3v) is 3.75. The molecule has 0 spiro atoms. The number of rotatable bonds is 4. The lowest BCUT2D eigenvalue weighted by Crippen LogP contribution is -2.49. The summed E-state index contributed by atoms with van der Waals surface area (Å²) in [6.07, 6.45) is 0. The maximum Gasteiger partial charge on any atom is 0.244 e. The van der Waals surface area contributed by atoms with Gasteiger partial charge < -0.3 is 10.6 Å². The number of amides is 1. The Hall–Kier alpha value is -0.580. The monoisotopic (exact) mass is 332 g/mol. The van der Waals surface area contributed by atoms with E-state index >= 15 is 0 Å². The van der Waals surface area contributed by atoms with Crippen molar-refractivity contribution in [3.05, 3.63) is 27.2 Å². The Kier molecular flexibility index (Phi) is 5.20. The van der Waals surface area contributed by atoms with E-state index in [2.05, 4.69) is 26.6 Å². The molecular formula is C13H18BrClN2O. The largest absolute Gasteiger partial charge is 0.323 e. The molecule has 2 N–H and O–H groups in total. The molecule has 1 amide bonds. The van der Waals surface area contributed by atoms with Crippen LogP contribution in [0.4, 0.5) is 5.69 Å². The van der Waals surface area contributed by atoms with Gasteiger partial charge >= 0.3 is 0 Å². The first-order chi connectivity index (χ1) is 8.27. The van der Waals surface area contributed by atoms with E-state index in [9.17, 15) is 4.79 Å². The van der Waals surface area contributed by atoms with Gasteiger partial charge in [-0.25, -0.2) is 0 Å². The molecule has 0 atom stereocenters. The normalized spacial score (nSPS) is 11.4. The van der Waals surface area contributed by atoms with Crippen LogP contribution in [0, 0.1) is 6.92 Å². The second-order valence-electron chi connectivity index (χ2n) is 4.69. The number of hydrogen-bond acceptors (Lipinski definition) is 2. The van der Waals surface area contributed by atoms with Crippen molar-refractivity contribution in [2.24, 2.45) is 0 Å². The second-order valence-corrected chi connectivity index (χ2v) is 5.95. The average Bonchev–Trinajstić information content (AvgIpc) is 2.25. The molecular weight excluding hydrogens is 316 g/mol. The highest BCUT2D eigenvalue weighted by molar-refractivity contribution is 9.10. The third-order valence-electron chi connectivity index (χ3n) is 2.68. The summed E-state index contributed by atoms with van der Waals surface area (Å²) >= 11 is 9.48. The first-order valence-corrected chi connectivity index (χ1v) is 6.97. The Morgan fingerprint density at radius 3 is 2.61 bits per heavy atom. The summed E-state index contributed by atoms with van der Waals surface area (Å²) in [4.78, 5) is 12.1. The van der Waals surface area contributed by atoms with Crippen LogP contribution in [0.25, 0.3) is 0 Å². The Balaban J connectivity index is 2.92. The van der Waals surface area contributed by atoms with Crippen molar-refractivity contribution in [3.63, 3.8) is 0 Å². The zero-order valence-corrected chi connectivity index (χ0v) is 13.4. The maximum absolute atomic E-state index is 12.1. The molecule has 0 radical (unpaired) electrons. The van der Waals surface area contributed by atoms with E-state index in [1.165, 1.54) is 0 Å². The molecule has 100 valence electrons. The van der Waals surface area contributed by atoms with Gasteiger partial charge in [0.2, 0.25) is 5.91 Å². The number of benzene rings is 1. The van der Waals surface area contributed by atoms with Gasteiger partial charge in [0, 0.05) is 9.50 Å². The number of hydrogen-bond donors (Lipinski definition) is 2. The summed E-state index contributed by atoms with van der Waals surface area (Å²) in [7, 11) is 0. The van der Waals surface area contributed by atoms with E-state index in [-0.39, 0.29) is 5.91 Å². The van der Waals surface area contributed by atoms with Gasteiger partial charge in [0.15, 0.2) is 0 Å². The molecule has 0 saturated carbocycles. The van der Waals surface area contributed by atoms with Crippen LogP contribution in [0.1, 0.15) is 26.3 Å². The standard InChI is InChI=1S/C13H18BrClN2O/c1-5-16-13(3,4)12(18)17-11-7-10(15)8(2)6-9(11)14/h6-7,16H,5H2,1-4H3,(H,17,18). The summed E-state index contributed by atoms with van der Waals surface area (Å²) in [5.41, 5.74) is 1.03. The Morgan fingerprint density at radius 2 is 2.06 bits per heavy atom. The fraction of sp³-hybridized carbons (Fsp3) is 0.462. The zero-order chi connectivity index (χ0) is 13.9. The average molecular weight is 334 g/mol. The molecule has 0 aliphatic heterocycles. The summed E-state index contributed by atoms with van der Waals surface area (Å²) in [5.74, 6) is -0.0926. The van der Waals surface area contributed by atoms with Gasteiger partial charge in [-0.1, -0.05) is 18.5 Å². The summed E-state index contributed by atoms with van der Waals surface area (Å²) in [6.45, 7) is 8.30. The minimum Gasteiger partial charge on any atom is -0.323 e. The molecule has 0 heterocycles. The van der Waals surface area contributed by atoms with E-state index in [1.54, 1.807) is 6.07 Å². The van der Waals surface area contributed by atoms with Gasteiger partial charge in [0.05, 0.1) is 11.2 Å². The topological polar surface area (TPSA) is 41.1 Å². The van der Waals surface area contributed by atoms with E-state index < -0.39 is 5.54 Å². The second kappa shape index (κ2) is 6.04. The number of halogens is 2. The Labute approximate surface area is 121 Å². The lowest BCUT2D eigenvalue weighted by Gasteiger charge is -2.24. The van der Waals surface area contributed by atoms with Crippen LogP contribution < -0.4 is 10.6 Å². The third kappa shape index (κ3) is 3.70. The fourth-order valence-electron chi connectivity index (χ4n) is 1.54.